The van der Waals surface area contributed by atoms with Gasteiger partial charge in [-0.2, -0.15) is 0 Å². The molecule has 2 N–H and O–H groups in total. The summed E-state index contributed by atoms with van der Waals surface area (Å²) in [6.45, 7) is 5.28. The Balaban J connectivity index is 2.00. The van der Waals surface area contributed by atoms with Crippen LogP contribution in [-0.4, -0.2) is 34.8 Å². The summed E-state index contributed by atoms with van der Waals surface area (Å²) in [5.41, 5.74) is 6.57. The minimum Gasteiger partial charge on any atom is -0.365 e. The Kier molecular flexibility index (Phi) is 4.35. The lowest BCUT2D eigenvalue weighted by Gasteiger charge is -2.34. The molecule has 23 heavy (non-hydrogen) atoms. The van der Waals surface area contributed by atoms with Gasteiger partial charge in [-0.1, -0.05) is 19.9 Å². The third-order valence-electron chi connectivity index (χ3n) is 4.36. The first-order valence-corrected chi connectivity index (χ1v) is 8.76. The van der Waals surface area contributed by atoms with Gasteiger partial charge in [-0.25, -0.2) is 4.98 Å². The molecule has 2 aromatic heterocycles. The highest BCUT2D eigenvalue weighted by molar-refractivity contribution is 7.20. The topological polar surface area (TPSA) is 76.3 Å². The number of amides is 2. The summed E-state index contributed by atoms with van der Waals surface area (Å²) < 4.78 is 0. The molecule has 0 spiro atoms. The quantitative estimate of drug-likeness (QED) is 0.939. The van der Waals surface area contributed by atoms with Gasteiger partial charge in [0.2, 0.25) is 5.91 Å². The van der Waals surface area contributed by atoms with Crippen molar-refractivity contribution in [3.05, 3.63) is 28.8 Å². The third kappa shape index (κ3) is 2.95. The SMILES string of the molecule is CC(C)C(=O)N1CCC[C@@H](c2c(C(N)=O)sc3ncccc23)C1. The van der Waals surface area contributed by atoms with Crippen molar-refractivity contribution in [1.29, 1.82) is 0 Å². The molecule has 1 fully saturated rings. The molecule has 3 heterocycles. The van der Waals surface area contributed by atoms with Crippen molar-refractivity contribution in [3.63, 3.8) is 0 Å². The van der Waals surface area contributed by atoms with Gasteiger partial charge in [0.25, 0.3) is 5.91 Å². The summed E-state index contributed by atoms with van der Waals surface area (Å²) in [5, 5.41) is 0.996. The van der Waals surface area contributed by atoms with Crippen molar-refractivity contribution in [2.45, 2.75) is 32.6 Å². The number of primary amides is 1. The zero-order valence-electron chi connectivity index (χ0n) is 13.4. The van der Waals surface area contributed by atoms with Crippen LogP contribution in [0.4, 0.5) is 0 Å². The van der Waals surface area contributed by atoms with E-state index in [1.54, 1.807) is 6.20 Å². The molecule has 1 atom stereocenters. The maximum atomic E-state index is 12.3. The van der Waals surface area contributed by atoms with E-state index in [9.17, 15) is 9.59 Å². The van der Waals surface area contributed by atoms with E-state index < -0.39 is 5.91 Å². The second-order valence-electron chi connectivity index (χ2n) is 6.34. The van der Waals surface area contributed by atoms with Crippen LogP contribution in [0.1, 0.15) is 47.8 Å². The second-order valence-corrected chi connectivity index (χ2v) is 7.34. The van der Waals surface area contributed by atoms with Crippen LogP contribution in [0.3, 0.4) is 0 Å². The summed E-state index contributed by atoms with van der Waals surface area (Å²) in [5.74, 6) is -0.0968. The molecular weight excluding hydrogens is 310 g/mol. The van der Waals surface area contributed by atoms with Crippen molar-refractivity contribution in [1.82, 2.24) is 9.88 Å². The summed E-state index contributed by atoms with van der Waals surface area (Å²) in [7, 11) is 0. The van der Waals surface area contributed by atoms with Crippen LogP contribution in [0.15, 0.2) is 18.3 Å². The van der Waals surface area contributed by atoms with Crippen LogP contribution >= 0.6 is 11.3 Å². The highest BCUT2D eigenvalue weighted by Gasteiger charge is 2.30. The number of carbonyl (C=O) groups is 2. The number of carbonyl (C=O) groups excluding carboxylic acids is 2. The Morgan fingerprint density at radius 2 is 2.22 bits per heavy atom. The molecule has 122 valence electrons. The first-order valence-electron chi connectivity index (χ1n) is 7.95. The summed E-state index contributed by atoms with van der Waals surface area (Å²) in [6.07, 6.45) is 3.63. The lowest BCUT2D eigenvalue weighted by molar-refractivity contribution is -0.135. The fourth-order valence-corrected chi connectivity index (χ4v) is 4.40. The molecule has 6 heteroatoms. The molecule has 5 nitrogen and oxygen atoms in total. The number of nitrogens with two attached hydrogens (primary N) is 1. The number of hydrogen-bond donors (Lipinski definition) is 1. The van der Waals surface area contributed by atoms with Crippen LogP contribution in [-0.2, 0) is 4.79 Å². The Morgan fingerprint density at radius 1 is 1.43 bits per heavy atom. The number of hydrogen-bond acceptors (Lipinski definition) is 4. The lowest BCUT2D eigenvalue weighted by atomic mass is 9.88. The fraction of sp³-hybridized carbons (Fsp3) is 0.471. The lowest BCUT2D eigenvalue weighted by Crippen LogP contribution is -2.41. The molecule has 0 radical (unpaired) electrons. The molecule has 1 aliphatic rings. The predicted octanol–water partition coefficient (Wildman–Crippen LogP) is 2.76. The first kappa shape index (κ1) is 15.9. The molecule has 3 rings (SSSR count). The van der Waals surface area contributed by atoms with Gasteiger partial charge in [-0.15, -0.1) is 11.3 Å². The third-order valence-corrected chi connectivity index (χ3v) is 5.51. The van der Waals surface area contributed by atoms with Gasteiger partial charge in [-0.05, 0) is 24.5 Å². The number of piperidine rings is 1. The predicted molar refractivity (Wildman–Crippen MR) is 91.5 cm³/mol. The first-order chi connectivity index (χ1) is 11.0. The van der Waals surface area contributed by atoms with Crippen LogP contribution in [0.25, 0.3) is 10.2 Å². The second kappa shape index (κ2) is 6.28. The van der Waals surface area contributed by atoms with Crippen LogP contribution in [0.2, 0.25) is 0 Å². The minimum absolute atomic E-state index is 0.00903. The van der Waals surface area contributed by atoms with Gasteiger partial charge in [0, 0.05) is 36.5 Å². The van der Waals surface area contributed by atoms with E-state index in [1.807, 2.05) is 30.9 Å². The monoisotopic (exact) mass is 331 g/mol. The molecule has 2 aromatic rings. The number of fused-ring (bicyclic) bond motifs is 1. The van der Waals surface area contributed by atoms with E-state index in [0.29, 0.717) is 11.4 Å². The number of pyridine rings is 1. The molecule has 0 aromatic carbocycles. The van der Waals surface area contributed by atoms with E-state index in [1.165, 1.54) is 11.3 Å². The molecule has 0 aliphatic carbocycles. The fourth-order valence-electron chi connectivity index (χ4n) is 3.32. The number of rotatable bonds is 3. The molecular formula is C17H21N3O2S. The van der Waals surface area contributed by atoms with Gasteiger partial charge >= 0.3 is 0 Å². The van der Waals surface area contributed by atoms with Gasteiger partial charge in [-0.3, -0.25) is 9.59 Å². The number of thiophene rings is 1. The van der Waals surface area contributed by atoms with Crippen LogP contribution in [0.5, 0.6) is 0 Å². The highest BCUT2D eigenvalue weighted by Crippen LogP contribution is 2.39. The number of aromatic nitrogens is 1. The smallest absolute Gasteiger partial charge is 0.259 e. The zero-order valence-corrected chi connectivity index (χ0v) is 14.2. The van der Waals surface area contributed by atoms with Gasteiger partial charge in [0.1, 0.15) is 4.83 Å². The van der Waals surface area contributed by atoms with Crippen molar-refractivity contribution < 1.29 is 9.59 Å². The molecule has 1 saturated heterocycles. The Labute approximate surface area is 139 Å². The van der Waals surface area contributed by atoms with Gasteiger partial charge < -0.3 is 10.6 Å². The van der Waals surface area contributed by atoms with Crippen molar-refractivity contribution in [2.24, 2.45) is 11.7 Å². The normalized spacial score (nSPS) is 18.6. The van der Waals surface area contributed by atoms with Crippen molar-refractivity contribution in [3.8, 4) is 0 Å². The maximum Gasteiger partial charge on any atom is 0.259 e. The standard InChI is InChI=1S/C17H21N3O2S/c1-10(2)17(22)20-8-4-5-11(9-20)13-12-6-3-7-19-16(12)23-14(13)15(18)21/h3,6-7,10-11H,4-5,8-9H2,1-2H3,(H2,18,21)/t11-/m1/s1. The molecule has 0 saturated carbocycles. The van der Waals surface area contributed by atoms with Crippen LogP contribution in [0, 0.1) is 5.92 Å². The Hall–Kier alpha value is -1.95. The maximum absolute atomic E-state index is 12.3. The van der Waals surface area contributed by atoms with Gasteiger partial charge in [0.05, 0.1) is 4.88 Å². The van der Waals surface area contributed by atoms with Gasteiger partial charge in [0.15, 0.2) is 0 Å². The Morgan fingerprint density at radius 3 is 2.91 bits per heavy atom. The van der Waals surface area contributed by atoms with Crippen molar-refractivity contribution >= 4 is 33.4 Å². The van der Waals surface area contributed by atoms with Crippen molar-refractivity contribution in [2.75, 3.05) is 13.1 Å². The van der Waals surface area contributed by atoms with E-state index >= 15 is 0 Å². The molecule has 1 aliphatic heterocycles. The summed E-state index contributed by atoms with van der Waals surface area (Å²) in [4.78, 5) is 31.9. The largest absolute Gasteiger partial charge is 0.365 e. The van der Waals surface area contributed by atoms with E-state index in [-0.39, 0.29) is 17.7 Å². The van der Waals surface area contributed by atoms with Crippen LogP contribution < -0.4 is 5.73 Å². The van der Waals surface area contributed by atoms with E-state index in [4.69, 9.17) is 5.73 Å². The highest BCUT2D eigenvalue weighted by atomic mass is 32.1. The summed E-state index contributed by atoms with van der Waals surface area (Å²) >= 11 is 1.35. The van der Waals surface area contributed by atoms with E-state index in [2.05, 4.69) is 4.98 Å². The Bertz CT molecular complexity index is 753. The minimum atomic E-state index is -0.407. The number of likely N-dealkylation sites (tertiary alicyclic amines) is 1. The molecule has 0 unspecified atom stereocenters. The average molecular weight is 331 g/mol. The average Bonchev–Trinajstić information content (AvgIpc) is 2.94. The molecule has 0 bridgehead atoms. The molecule has 2 amide bonds. The van der Waals surface area contributed by atoms with E-state index in [0.717, 1.165) is 35.2 Å². The summed E-state index contributed by atoms with van der Waals surface area (Å²) in [6, 6.07) is 3.87. The number of nitrogens with zero attached hydrogens (tertiary/aromatic N) is 2. The zero-order chi connectivity index (χ0) is 16.6.